The van der Waals surface area contributed by atoms with Gasteiger partial charge in [-0.2, -0.15) is 9.40 Å². The van der Waals surface area contributed by atoms with Crippen molar-refractivity contribution in [2.24, 2.45) is 0 Å². The number of aryl methyl sites for hydroxylation is 1. The third-order valence-corrected chi connectivity index (χ3v) is 6.67. The van der Waals surface area contributed by atoms with E-state index in [2.05, 4.69) is 15.5 Å². The van der Waals surface area contributed by atoms with E-state index in [1.165, 1.54) is 4.31 Å². The quantitative estimate of drug-likeness (QED) is 0.670. The monoisotopic (exact) mass is 412 g/mol. The molecule has 2 aromatic carbocycles. The molecule has 1 amide bonds. The van der Waals surface area contributed by atoms with Crippen LogP contribution in [0.4, 0.5) is 5.82 Å². The van der Waals surface area contributed by atoms with Gasteiger partial charge in [0.25, 0.3) is 5.91 Å². The summed E-state index contributed by atoms with van der Waals surface area (Å²) in [4.78, 5) is 12.7. The fraction of sp³-hybridized carbons (Fsp3) is 0.200. The van der Waals surface area contributed by atoms with Gasteiger partial charge in [0.1, 0.15) is 5.75 Å². The Kier molecular flexibility index (Phi) is 4.85. The highest BCUT2D eigenvalue weighted by Crippen LogP contribution is 2.31. The van der Waals surface area contributed by atoms with E-state index in [0.717, 1.165) is 5.56 Å². The molecule has 1 aliphatic heterocycles. The first-order valence-corrected chi connectivity index (χ1v) is 10.4. The van der Waals surface area contributed by atoms with Crippen LogP contribution in [0.5, 0.6) is 5.75 Å². The predicted octanol–water partition coefficient (Wildman–Crippen LogP) is 2.68. The maximum Gasteiger partial charge on any atom is 0.256 e. The summed E-state index contributed by atoms with van der Waals surface area (Å²) in [6.07, 6.45) is 0. The summed E-state index contributed by atoms with van der Waals surface area (Å²) in [5.74, 6) is 0.656. The lowest BCUT2D eigenvalue weighted by atomic mass is 10.2. The van der Waals surface area contributed by atoms with Gasteiger partial charge < -0.3 is 10.1 Å². The second kappa shape index (κ2) is 7.34. The molecule has 0 bridgehead atoms. The summed E-state index contributed by atoms with van der Waals surface area (Å²) in [7, 11) is -2.09. The maximum absolute atomic E-state index is 12.9. The van der Waals surface area contributed by atoms with Crippen LogP contribution in [0.1, 0.15) is 27.2 Å². The van der Waals surface area contributed by atoms with Crippen LogP contribution in [-0.4, -0.2) is 35.9 Å². The van der Waals surface area contributed by atoms with Crippen molar-refractivity contribution in [3.63, 3.8) is 0 Å². The zero-order valence-electron chi connectivity index (χ0n) is 16.0. The number of carbonyl (C=O) groups excluding carboxylic acids is 1. The molecule has 1 aliphatic rings. The SMILES string of the molecule is COc1ccc(C(=O)Nc2n[nH]c3c2CN(S(=O)(=O)c2ccc(C)cc2)C3)cc1. The molecule has 0 atom stereocenters. The molecule has 29 heavy (non-hydrogen) atoms. The van der Waals surface area contributed by atoms with Crippen molar-refractivity contribution in [1.82, 2.24) is 14.5 Å². The Morgan fingerprint density at radius 3 is 2.45 bits per heavy atom. The Morgan fingerprint density at radius 1 is 1.10 bits per heavy atom. The summed E-state index contributed by atoms with van der Waals surface area (Å²) in [6, 6.07) is 13.4. The zero-order valence-corrected chi connectivity index (χ0v) is 16.8. The van der Waals surface area contributed by atoms with Crippen molar-refractivity contribution in [2.75, 3.05) is 12.4 Å². The molecular formula is C20H20N4O4S. The summed E-state index contributed by atoms with van der Waals surface area (Å²) in [6.45, 7) is 2.22. The van der Waals surface area contributed by atoms with Crippen LogP contribution in [0, 0.1) is 6.92 Å². The van der Waals surface area contributed by atoms with Gasteiger partial charge in [-0.3, -0.25) is 9.89 Å². The van der Waals surface area contributed by atoms with Gasteiger partial charge in [0, 0.05) is 17.7 Å². The molecule has 1 aromatic heterocycles. The Labute approximate surface area is 168 Å². The fourth-order valence-corrected chi connectivity index (χ4v) is 4.54. The Bertz CT molecular complexity index is 1150. The molecule has 0 aliphatic carbocycles. The number of ether oxygens (including phenoxy) is 1. The molecule has 2 heterocycles. The number of nitrogens with one attached hydrogen (secondary N) is 2. The first-order chi connectivity index (χ1) is 13.9. The Hall–Kier alpha value is -3.17. The lowest BCUT2D eigenvalue weighted by Gasteiger charge is -2.16. The van der Waals surface area contributed by atoms with Gasteiger partial charge in [0.05, 0.1) is 24.2 Å². The van der Waals surface area contributed by atoms with E-state index in [1.54, 1.807) is 55.6 Å². The van der Waals surface area contributed by atoms with E-state index in [1.807, 2.05) is 6.92 Å². The largest absolute Gasteiger partial charge is 0.497 e. The van der Waals surface area contributed by atoms with Crippen LogP contribution < -0.4 is 10.1 Å². The molecule has 9 heteroatoms. The molecule has 4 rings (SSSR count). The van der Waals surface area contributed by atoms with Crippen molar-refractivity contribution in [2.45, 2.75) is 24.9 Å². The van der Waals surface area contributed by atoms with Crippen LogP contribution in [0.15, 0.2) is 53.4 Å². The zero-order chi connectivity index (χ0) is 20.6. The number of H-pyrrole nitrogens is 1. The van der Waals surface area contributed by atoms with Gasteiger partial charge in [0.15, 0.2) is 5.82 Å². The average Bonchev–Trinajstić information content (AvgIpc) is 3.31. The number of aromatic nitrogens is 2. The normalized spacial score (nSPS) is 13.9. The number of benzene rings is 2. The number of hydrogen-bond donors (Lipinski definition) is 2. The van der Waals surface area contributed by atoms with E-state index < -0.39 is 10.0 Å². The fourth-order valence-electron chi connectivity index (χ4n) is 3.17. The van der Waals surface area contributed by atoms with Crippen molar-refractivity contribution in [3.05, 3.63) is 70.9 Å². The molecule has 0 radical (unpaired) electrons. The van der Waals surface area contributed by atoms with E-state index in [-0.39, 0.29) is 23.9 Å². The lowest BCUT2D eigenvalue weighted by molar-refractivity contribution is 0.102. The molecule has 0 unspecified atom stereocenters. The maximum atomic E-state index is 12.9. The molecule has 3 aromatic rings. The van der Waals surface area contributed by atoms with Gasteiger partial charge in [-0.25, -0.2) is 8.42 Å². The highest BCUT2D eigenvalue weighted by atomic mass is 32.2. The number of anilines is 1. The molecule has 8 nitrogen and oxygen atoms in total. The van der Waals surface area contributed by atoms with Crippen LogP contribution >= 0.6 is 0 Å². The number of hydrogen-bond acceptors (Lipinski definition) is 5. The second-order valence-corrected chi connectivity index (χ2v) is 8.74. The molecule has 0 saturated carbocycles. The average molecular weight is 412 g/mol. The smallest absolute Gasteiger partial charge is 0.256 e. The topological polar surface area (TPSA) is 104 Å². The highest BCUT2D eigenvalue weighted by Gasteiger charge is 2.34. The highest BCUT2D eigenvalue weighted by molar-refractivity contribution is 7.89. The number of carbonyl (C=O) groups is 1. The van der Waals surface area contributed by atoms with E-state index in [4.69, 9.17) is 4.74 Å². The molecular weight excluding hydrogens is 392 g/mol. The van der Waals surface area contributed by atoms with E-state index >= 15 is 0 Å². The van der Waals surface area contributed by atoms with Gasteiger partial charge in [-0.05, 0) is 43.3 Å². The summed E-state index contributed by atoms with van der Waals surface area (Å²) >= 11 is 0. The van der Waals surface area contributed by atoms with Crippen molar-refractivity contribution in [3.8, 4) is 5.75 Å². The van der Waals surface area contributed by atoms with Crippen molar-refractivity contribution >= 4 is 21.7 Å². The first-order valence-electron chi connectivity index (χ1n) is 8.97. The minimum atomic E-state index is -3.64. The number of rotatable bonds is 5. The molecule has 0 fully saturated rings. The number of aromatic amines is 1. The Balaban J connectivity index is 1.52. The van der Waals surface area contributed by atoms with Gasteiger partial charge in [-0.1, -0.05) is 17.7 Å². The van der Waals surface area contributed by atoms with Gasteiger partial charge in [0.2, 0.25) is 10.0 Å². The third kappa shape index (κ3) is 3.62. The number of nitrogens with zero attached hydrogens (tertiary/aromatic N) is 2. The van der Waals surface area contributed by atoms with Crippen molar-refractivity contribution in [1.29, 1.82) is 0 Å². The van der Waals surface area contributed by atoms with Crippen LogP contribution in [0.3, 0.4) is 0 Å². The summed E-state index contributed by atoms with van der Waals surface area (Å²) in [5.41, 5.74) is 2.78. The summed E-state index contributed by atoms with van der Waals surface area (Å²) in [5, 5.41) is 9.72. The minimum absolute atomic E-state index is 0.139. The van der Waals surface area contributed by atoms with Crippen LogP contribution in [0.2, 0.25) is 0 Å². The van der Waals surface area contributed by atoms with Gasteiger partial charge in [-0.15, -0.1) is 0 Å². The predicted molar refractivity (Wildman–Crippen MR) is 107 cm³/mol. The number of fused-ring (bicyclic) bond motifs is 1. The molecule has 0 spiro atoms. The van der Waals surface area contributed by atoms with Crippen LogP contribution in [-0.2, 0) is 23.1 Å². The summed E-state index contributed by atoms with van der Waals surface area (Å²) < 4.78 is 32.3. The van der Waals surface area contributed by atoms with E-state index in [0.29, 0.717) is 28.4 Å². The lowest BCUT2D eigenvalue weighted by Crippen LogP contribution is -2.26. The van der Waals surface area contributed by atoms with Crippen LogP contribution in [0.25, 0.3) is 0 Å². The molecule has 150 valence electrons. The third-order valence-electron chi connectivity index (χ3n) is 4.86. The number of methoxy groups -OCH3 is 1. The van der Waals surface area contributed by atoms with E-state index in [9.17, 15) is 13.2 Å². The first kappa shape index (κ1) is 19.2. The second-order valence-electron chi connectivity index (χ2n) is 6.80. The standard InChI is InChI=1S/C20H20N4O4S/c1-13-3-9-16(10-4-13)29(26,27)24-11-17-18(12-24)22-23-19(17)21-20(25)14-5-7-15(28-2)8-6-14/h3-10H,11-12H2,1-2H3,(H2,21,22,23,25). The molecule has 2 N–H and O–H groups in total. The minimum Gasteiger partial charge on any atom is -0.497 e. The number of sulfonamides is 1. The Morgan fingerprint density at radius 2 is 1.79 bits per heavy atom. The molecule has 0 saturated heterocycles. The number of amides is 1. The van der Waals surface area contributed by atoms with Gasteiger partial charge >= 0.3 is 0 Å². The van der Waals surface area contributed by atoms with Crippen molar-refractivity contribution < 1.29 is 17.9 Å².